The molecule has 0 aliphatic heterocycles. The number of methoxy groups -OCH3 is 1. The van der Waals surface area contributed by atoms with Gasteiger partial charge >= 0.3 is 0 Å². The van der Waals surface area contributed by atoms with Crippen LogP contribution in [-0.2, 0) is 12.3 Å². The second kappa shape index (κ2) is 6.87. The van der Waals surface area contributed by atoms with Crippen LogP contribution in [0.1, 0.15) is 18.3 Å². The highest BCUT2D eigenvalue weighted by Crippen LogP contribution is 2.26. The predicted octanol–water partition coefficient (Wildman–Crippen LogP) is 3.09. The molecule has 120 valence electrons. The van der Waals surface area contributed by atoms with Crippen molar-refractivity contribution >= 4 is 11.8 Å². The van der Waals surface area contributed by atoms with Crippen LogP contribution in [0.25, 0.3) is 5.69 Å². The zero-order valence-corrected chi connectivity index (χ0v) is 14.2. The molecule has 3 rings (SSSR count). The Labute approximate surface area is 139 Å². The highest BCUT2D eigenvalue weighted by Gasteiger charge is 2.11. The molecule has 6 nitrogen and oxygen atoms in total. The Morgan fingerprint density at radius 1 is 1.26 bits per heavy atom. The molecule has 0 unspecified atom stereocenters. The maximum atomic E-state index is 5.27. The van der Waals surface area contributed by atoms with Crippen molar-refractivity contribution in [2.24, 2.45) is 0 Å². The molecular formula is C16H19N5OS. The summed E-state index contributed by atoms with van der Waals surface area (Å²) in [6, 6.07) is 6.04. The Morgan fingerprint density at radius 3 is 2.87 bits per heavy atom. The van der Waals surface area contributed by atoms with Gasteiger partial charge in [-0.1, -0.05) is 11.8 Å². The lowest BCUT2D eigenvalue weighted by atomic mass is 10.2. The number of hydrogen-bond donors (Lipinski definition) is 0. The van der Waals surface area contributed by atoms with Gasteiger partial charge in [0.15, 0.2) is 5.16 Å². The average Bonchev–Trinajstić information content (AvgIpc) is 3.21. The van der Waals surface area contributed by atoms with Crippen LogP contribution in [0.15, 0.2) is 42.1 Å². The third-order valence-corrected chi connectivity index (χ3v) is 4.56. The van der Waals surface area contributed by atoms with Crippen molar-refractivity contribution in [3.8, 4) is 11.4 Å². The Balaban J connectivity index is 1.82. The lowest BCUT2D eigenvalue weighted by Gasteiger charge is -2.11. The molecule has 2 heterocycles. The molecular weight excluding hydrogens is 310 g/mol. The number of aryl methyl sites for hydroxylation is 2. The van der Waals surface area contributed by atoms with Gasteiger partial charge in [-0.3, -0.25) is 4.57 Å². The van der Waals surface area contributed by atoms with E-state index in [-0.39, 0.29) is 0 Å². The SMILES string of the molecule is CCn1ncnc1CSc1nccn1-c1ccc(OC)cc1C. The highest BCUT2D eigenvalue weighted by atomic mass is 32.2. The molecule has 0 atom stereocenters. The third kappa shape index (κ3) is 3.24. The fraction of sp³-hybridized carbons (Fsp3) is 0.312. The van der Waals surface area contributed by atoms with Crippen molar-refractivity contribution in [2.45, 2.75) is 31.3 Å². The minimum atomic E-state index is 0.736. The van der Waals surface area contributed by atoms with E-state index in [4.69, 9.17) is 4.74 Å². The minimum Gasteiger partial charge on any atom is -0.497 e. The summed E-state index contributed by atoms with van der Waals surface area (Å²) in [4.78, 5) is 8.77. The molecule has 0 N–H and O–H groups in total. The quantitative estimate of drug-likeness (QED) is 0.650. The zero-order chi connectivity index (χ0) is 16.2. The van der Waals surface area contributed by atoms with Gasteiger partial charge in [-0.15, -0.1) is 0 Å². The minimum absolute atomic E-state index is 0.736. The first-order chi connectivity index (χ1) is 11.2. The zero-order valence-electron chi connectivity index (χ0n) is 13.4. The largest absolute Gasteiger partial charge is 0.497 e. The summed E-state index contributed by atoms with van der Waals surface area (Å²) in [6.07, 6.45) is 5.39. The second-order valence-corrected chi connectivity index (χ2v) is 5.96. The normalized spacial score (nSPS) is 10.9. The van der Waals surface area contributed by atoms with Gasteiger partial charge < -0.3 is 4.74 Å². The fourth-order valence-corrected chi connectivity index (χ4v) is 3.31. The van der Waals surface area contributed by atoms with Gasteiger partial charge in [-0.25, -0.2) is 14.6 Å². The average molecular weight is 329 g/mol. The monoisotopic (exact) mass is 329 g/mol. The van der Waals surface area contributed by atoms with Gasteiger partial charge in [0, 0.05) is 18.9 Å². The third-order valence-electron chi connectivity index (χ3n) is 3.60. The van der Waals surface area contributed by atoms with E-state index in [0.717, 1.165) is 40.3 Å². The van der Waals surface area contributed by atoms with Crippen molar-refractivity contribution in [1.29, 1.82) is 0 Å². The molecule has 7 heteroatoms. The van der Waals surface area contributed by atoms with E-state index in [0.29, 0.717) is 0 Å². The molecule has 0 saturated heterocycles. The fourth-order valence-electron chi connectivity index (χ4n) is 2.40. The molecule has 0 aliphatic rings. The molecule has 0 radical (unpaired) electrons. The van der Waals surface area contributed by atoms with Crippen LogP contribution in [0.4, 0.5) is 0 Å². The molecule has 0 saturated carbocycles. The first kappa shape index (κ1) is 15.6. The van der Waals surface area contributed by atoms with Crippen molar-refractivity contribution in [1.82, 2.24) is 24.3 Å². The summed E-state index contributed by atoms with van der Waals surface area (Å²) >= 11 is 1.65. The van der Waals surface area contributed by atoms with E-state index in [2.05, 4.69) is 39.5 Å². The Kier molecular flexibility index (Phi) is 4.66. The van der Waals surface area contributed by atoms with E-state index >= 15 is 0 Å². The molecule has 0 fully saturated rings. The number of rotatable bonds is 6. The Hall–Kier alpha value is -2.28. The Morgan fingerprint density at radius 2 is 2.13 bits per heavy atom. The number of hydrogen-bond acceptors (Lipinski definition) is 5. The number of imidazole rings is 1. The lowest BCUT2D eigenvalue weighted by Crippen LogP contribution is -2.03. The summed E-state index contributed by atoms with van der Waals surface area (Å²) in [7, 11) is 1.68. The molecule has 23 heavy (non-hydrogen) atoms. The standard InChI is InChI=1S/C16H19N5OS/c1-4-21-15(18-11-19-21)10-23-16-17-7-8-20(16)14-6-5-13(22-3)9-12(14)2/h5-9,11H,4,10H2,1-3H3. The second-order valence-electron chi connectivity index (χ2n) is 5.01. The summed E-state index contributed by atoms with van der Waals surface area (Å²) in [5.74, 6) is 2.55. The van der Waals surface area contributed by atoms with Crippen molar-refractivity contribution in [3.63, 3.8) is 0 Å². The van der Waals surface area contributed by atoms with Crippen LogP contribution < -0.4 is 4.74 Å². The van der Waals surface area contributed by atoms with Gasteiger partial charge in [0.2, 0.25) is 0 Å². The summed E-state index contributed by atoms with van der Waals surface area (Å²) in [5, 5.41) is 5.13. The summed E-state index contributed by atoms with van der Waals surface area (Å²) < 4.78 is 9.26. The van der Waals surface area contributed by atoms with Crippen LogP contribution in [0, 0.1) is 6.92 Å². The van der Waals surface area contributed by atoms with Crippen LogP contribution in [0.5, 0.6) is 5.75 Å². The smallest absolute Gasteiger partial charge is 0.173 e. The van der Waals surface area contributed by atoms with Crippen LogP contribution in [0.2, 0.25) is 0 Å². The van der Waals surface area contributed by atoms with Crippen LogP contribution >= 0.6 is 11.8 Å². The molecule has 0 amide bonds. The van der Waals surface area contributed by atoms with Gasteiger partial charge in [-0.05, 0) is 37.6 Å². The maximum absolute atomic E-state index is 5.27. The van der Waals surface area contributed by atoms with Crippen molar-refractivity contribution in [2.75, 3.05) is 7.11 Å². The number of thioether (sulfide) groups is 1. The van der Waals surface area contributed by atoms with Gasteiger partial charge in [0.1, 0.15) is 17.9 Å². The maximum Gasteiger partial charge on any atom is 0.173 e. The van der Waals surface area contributed by atoms with E-state index in [1.165, 1.54) is 0 Å². The van der Waals surface area contributed by atoms with Gasteiger partial charge in [0.05, 0.1) is 18.6 Å². The highest BCUT2D eigenvalue weighted by molar-refractivity contribution is 7.98. The molecule has 0 spiro atoms. The predicted molar refractivity (Wildman–Crippen MR) is 90.1 cm³/mol. The molecule has 0 bridgehead atoms. The topological polar surface area (TPSA) is 57.8 Å². The van der Waals surface area contributed by atoms with Crippen molar-refractivity contribution < 1.29 is 4.74 Å². The van der Waals surface area contributed by atoms with Crippen molar-refractivity contribution in [3.05, 3.63) is 48.3 Å². The molecule has 0 aliphatic carbocycles. The molecule has 2 aromatic heterocycles. The number of benzene rings is 1. The summed E-state index contributed by atoms with van der Waals surface area (Å²) in [6.45, 7) is 4.95. The van der Waals surface area contributed by atoms with E-state index in [1.807, 2.05) is 29.2 Å². The van der Waals surface area contributed by atoms with E-state index < -0.39 is 0 Å². The van der Waals surface area contributed by atoms with Gasteiger partial charge in [0.25, 0.3) is 0 Å². The Bertz CT molecular complexity index is 795. The number of nitrogens with zero attached hydrogens (tertiary/aromatic N) is 5. The van der Waals surface area contributed by atoms with Crippen LogP contribution in [-0.4, -0.2) is 31.4 Å². The van der Waals surface area contributed by atoms with E-state index in [9.17, 15) is 0 Å². The first-order valence-electron chi connectivity index (χ1n) is 7.40. The first-order valence-corrected chi connectivity index (χ1v) is 8.39. The molecule has 1 aromatic carbocycles. The lowest BCUT2D eigenvalue weighted by molar-refractivity contribution is 0.414. The number of aromatic nitrogens is 5. The molecule has 3 aromatic rings. The summed E-state index contributed by atoms with van der Waals surface area (Å²) in [5.41, 5.74) is 2.24. The van der Waals surface area contributed by atoms with Crippen LogP contribution in [0.3, 0.4) is 0 Å². The van der Waals surface area contributed by atoms with Gasteiger partial charge in [-0.2, -0.15) is 5.10 Å². The van der Waals surface area contributed by atoms with E-state index in [1.54, 1.807) is 25.2 Å². The number of ether oxygens (including phenoxy) is 1.